The molecular weight excluding hydrogens is 308 g/mol. The van der Waals surface area contributed by atoms with Gasteiger partial charge in [0.2, 0.25) is 10.0 Å². The van der Waals surface area contributed by atoms with Gasteiger partial charge in [0.25, 0.3) is 0 Å². The van der Waals surface area contributed by atoms with Crippen molar-refractivity contribution in [1.82, 2.24) is 9.29 Å². The molecule has 1 unspecified atom stereocenters. The molecule has 0 aliphatic heterocycles. The number of benzene rings is 1. The van der Waals surface area contributed by atoms with E-state index in [-0.39, 0.29) is 17.4 Å². The normalized spacial score (nSPS) is 18.5. The van der Waals surface area contributed by atoms with Gasteiger partial charge in [0.05, 0.1) is 16.0 Å². The Bertz CT molecular complexity index is 874. The molecule has 0 bridgehead atoms. The maximum Gasteiger partial charge on any atom is 0.419 e. The SMILES string of the molecule is Cn1c(=O)oc2ccc(S(=O)(=O)NCC(C)(O)C3CC3)cc21. The lowest BCUT2D eigenvalue weighted by Gasteiger charge is -2.23. The van der Waals surface area contributed by atoms with Gasteiger partial charge in [-0.1, -0.05) is 0 Å². The van der Waals surface area contributed by atoms with Crippen LogP contribution in [0.4, 0.5) is 0 Å². The van der Waals surface area contributed by atoms with Crippen LogP contribution in [0.1, 0.15) is 19.8 Å². The number of rotatable bonds is 5. The van der Waals surface area contributed by atoms with Gasteiger partial charge in [-0.3, -0.25) is 4.57 Å². The van der Waals surface area contributed by atoms with Crippen molar-refractivity contribution in [3.63, 3.8) is 0 Å². The first-order valence-electron chi connectivity index (χ1n) is 7.02. The molecule has 1 aromatic heterocycles. The molecule has 1 fully saturated rings. The summed E-state index contributed by atoms with van der Waals surface area (Å²) in [6, 6.07) is 4.21. The molecule has 0 radical (unpaired) electrons. The second-order valence-corrected chi connectivity index (χ2v) is 7.78. The molecular formula is C14H18N2O5S. The van der Waals surface area contributed by atoms with E-state index in [1.54, 1.807) is 6.92 Å². The van der Waals surface area contributed by atoms with Crippen molar-refractivity contribution in [1.29, 1.82) is 0 Å². The lowest BCUT2D eigenvalue weighted by molar-refractivity contribution is 0.0422. The minimum absolute atomic E-state index is 0.0306. The van der Waals surface area contributed by atoms with Gasteiger partial charge in [-0.15, -0.1) is 0 Å². The van der Waals surface area contributed by atoms with Crippen LogP contribution in [-0.2, 0) is 17.1 Å². The molecule has 7 nitrogen and oxygen atoms in total. The van der Waals surface area contributed by atoms with Crippen LogP contribution in [0, 0.1) is 5.92 Å². The molecule has 1 heterocycles. The summed E-state index contributed by atoms with van der Waals surface area (Å²) in [7, 11) is -2.26. The number of nitrogens with one attached hydrogen (secondary N) is 1. The molecule has 0 saturated heterocycles. The fraction of sp³-hybridized carbons (Fsp3) is 0.500. The summed E-state index contributed by atoms with van der Waals surface area (Å²) in [6.45, 7) is 1.60. The molecule has 0 amide bonds. The molecule has 22 heavy (non-hydrogen) atoms. The minimum atomic E-state index is -3.77. The van der Waals surface area contributed by atoms with Crippen LogP contribution in [0.15, 0.2) is 32.3 Å². The highest BCUT2D eigenvalue weighted by atomic mass is 32.2. The maximum absolute atomic E-state index is 12.3. The lowest BCUT2D eigenvalue weighted by atomic mass is 10.0. The summed E-state index contributed by atoms with van der Waals surface area (Å²) in [5, 5.41) is 10.2. The van der Waals surface area contributed by atoms with Crippen LogP contribution < -0.4 is 10.5 Å². The highest BCUT2D eigenvalue weighted by Crippen LogP contribution is 2.39. The first-order chi connectivity index (χ1) is 10.2. The Labute approximate surface area is 127 Å². The topological polar surface area (TPSA) is 102 Å². The predicted molar refractivity (Wildman–Crippen MR) is 80.0 cm³/mol. The van der Waals surface area contributed by atoms with Gasteiger partial charge in [-0.2, -0.15) is 0 Å². The first-order valence-corrected chi connectivity index (χ1v) is 8.51. The number of aliphatic hydroxyl groups is 1. The van der Waals surface area contributed by atoms with E-state index in [2.05, 4.69) is 4.72 Å². The number of aryl methyl sites for hydroxylation is 1. The molecule has 120 valence electrons. The highest BCUT2D eigenvalue weighted by Gasteiger charge is 2.40. The Morgan fingerprint density at radius 2 is 2.14 bits per heavy atom. The smallest absolute Gasteiger partial charge is 0.408 e. The third kappa shape index (κ3) is 2.69. The van der Waals surface area contributed by atoms with Crippen molar-refractivity contribution in [3.05, 3.63) is 28.7 Å². The number of fused-ring (bicyclic) bond motifs is 1. The number of nitrogens with zero attached hydrogens (tertiary/aromatic N) is 1. The Hall–Kier alpha value is -1.64. The average molecular weight is 326 g/mol. The number of hydrogen-bond donors (Lipinski definition) is 2. The van der Waals surface area contributed by atoms with Crippen molar-refractivity contribution < 1.29 is 17.9 Å². The van der Waals surface area contributed by atoms with Crippen molar-refractivity contribution in [2.45, 2.75) is 30.3 Å². The van der Waals surface area contributed by atoms with Gasteiger partial charge in [0, 0.05) is 13.6 Å². The third-order valence-corrected chi connectivity index (χ3v) is 5.55. The van der Waals surface area contributed by atoms with E-state index in [0.717, 1.165) is 12.8 Å². The van der Waals surface area contributed by atoms with Gasteiger partial charge < -0.3 is 9.52 Å². The summed E-state index contributed by atoms with van der Waals surface area (Å²) in [6.07, 6.45) is 1.83. The van der Waals surface area contributed by atoms with Crippen LogP contribution in [0.25, 0.3) is 11.1 Å². The van der Waals surface area contributed by atoms with Crippen molar-refractivity contribution in [2.75, 3.05) is 6.54 Å². The Kier molecular flexibility index (Phi) is 3.42. The zero-order valence-corrected chi connectivity index (χ0v) is 13.2. The Morgan fingerprint density at radius 1 is 1.45 bits per heavy atom. The van der Waals surface area contributed by atoms with Gasteiger partial charge in [0.1, 0.15) is 0 Å². The maximum atomic E-state index is 12.3. The summed E-state index contributed by atoms with van der Waals surface area (Å²) in [4.78, 5) is 11.5. The van der Waals surface area contributed by atoms with Crippen molar-refractivity contribution >= 4 is 21.1 Å². The van der Waals surface area contributed by atoms with Gasteiger partial charge in [-0.25, -0.2) is 17.9 Å². The summed E-state index contributed by atoms with van der Waals surface area (Å²) < 4.78 is 33.3. The molecule has 1 aliphatic carbocycles. The largest absolute Gasteiger partial charge is 0.419 e. The fourth-order valence-corrected chi connectivity index (χ4v) is 3.61. The third-order valence-electron chi connectivity index (χ3n) is 4.15. The fourth-order valence-electron chi connectivity index (χ4n) is 2.45. The average Bonchev–Trinajstić information content (AvgIpc) is 3.26. The second-order valence-electron chi connectivity index (χ2n) is 6.01. The molecule has 3 rings (SSSR count). The van der Waals surface area contributed by atoms with E-state index in [1.165, 1.54) is 29.8 Å². The summed E-state index contributed by atoms with van der Waals surface area (Å²) in [5.41, 5.74) is -0.308. The number of aromatic nitrogens is 1. The molecule has 1 saturated carbocycles. The van der Waals surface area contributed by atoms with Crippen LogP contribution in [0.2, 0.25) is 0 Å². The number of oxazole rings is 1. The summed E-state index contributed by atoms with van der Waals surface area (Å²) in [5.74, 6) is -0.401. The zero-order chi connectivity index (χ0) is 16.1. The van der Waals surface area contributed by atoms with E-state index in [1.807, 2.05) is 0 Å². The van der Waals surface area contributed by atoms with E-state index in [9.17, 15) is 18.3 Å². The molecule has 1 aromatic carbocycles. The van der Waals surface area contributed by atoms with E-state index < -0.39 is 21.4 Å². The molecule has 1 atom stereocenters. The second kappa shape index (κ2) is 4.94. The zero-order valence-electron chi connectivity index (χ0n) is 12.4. The quantitative estimate of drug-likeness (QED) is 0.836. The first kappa shape index (κ1) is 15.3. The standard InChI is InChI=1S/C14H18N2O5S/c1-14(18,9-3-4-9)8-15-22(19,20)10-5-6-12-11(7-10)16(2)13(17)21-12/h5-7,9,15,18H,3-4,8H2,1-2H3. The molecule has 2 aromatic rings. The van der Waals surface area contributed by atoms with Gasteiger partial charge in [0.15, 0.2) is 5.58 Å². The lowest BCUT2D eigenvalue weighted by Crippen LogP contribution is -2.42. The Balaban J connectivity index is 1.88. The summed E-state index contributed by atoms with van der Waals surface area (Å²) >= 11 is 0. The number of hydrogen-bond acceptors (Lipinski definition) is 5. The minimum Gasteiger partial charge on any atom is -0.408 e. The van der Waals surface area contributed by atoms with Crippen LogP contribution in [0.5, 0.6) is 0 Å². The van der Waals surface area contributed by atoms with E-state index in [0.29, 0.717) is 11.1 Å². The van der Waals surface area contributed by atoms with Gasteiger partial charge in [-0.05, 0) is 43.9 Å². The monoisotopic (exact) mass is 326 g/mol. The van der Waals surface area contributed by atoms with E-state index in [4.69, 9.17) is 4.42 Å². The van der Waals surface area contributed by atoms with E-state index >= 15 is 0 Å². The van der Waals surface area contributed by atoms with Crippen molar-refractivity contribution in [2.24, 2.45) is 13.0 Å². The molecule has 0 spiro atoms. The van der Waals surface area contributed by atoms with Crippen LogP contribution in [0.3, 0.4) is 0 Å². The molecule has 8 heteroatoms. The molecule has 2 N–H and O–H groups in total. The van der Waals surface area contributed by atoms with Gasteiger partial charge >= 0.3 is 5.76 Å². The Morgan fingerprint density at radius 3 is 2.77 bits per heavy atom. The number of sulfonamides is 1. The van der Waals surface area contributed by atoms with Crippen LogP contribution in [-0.4, -0.2) is 30.2 Å². The predicted octanol–water partition coefficient (Wildman–Crippen LogP) is 0.571. The highest BCUT2D eigenvalue weighted by molar-refractivity contribution is 7.89. The molecule has 1 aliphatic rings. The van der Waals surface area contributed by atoms with Crippen LogP contribution >= 0.6 is 0 Å². The van der Waals surface area contributed by atoms with Crippen molar-refractivity contribution in [3.8, 4) is 0 Å².